The number of benzene rings is 2. The van der Waals surface area contributed by atoms with Crippen LogP contribution in [0.1, 0.15) is 12.1 Å². The van der Waals surface area contributed by atoms with Crippen LogP contribution in [0.5, 0.6) is 5.75 Å². The molecule has 2 amide bonds. The summed E-state index contributed by atoms with van der Waals surface area (Å²) in [4.78, 5) is 38.4. The Balaban J connectivity index is 1.19. The maximum absolute atomic E-state index is 12.9. The summed E-state index contributed by atoms with van der Waals surface area (Å²) in [5, 5.41) is 6.18. The lowest BCUT2D eigenvalue weighted by Gasteiger charge is -2.28. The Hall–Kier alpha value is -4.18. The van der Waals surface area contributed by atoms with Crippen molar-refractivity contribution >= 4 is 40.6 Å². The maximum Gasteiger partial charge on any atom is 0.229 e. The van der Waals surface area contributed by atoms with Crippen LogP contribution in [0, 0.1) is 12.8 Å². The van der Waals surface area contributed by atoms with E-state index in [0.717, 1.165) is 36.0 Å². The monoisotopic (exact) mass is 502 g/mol. The lowest BCUT2D eigenvalue weighted by Crippen LogP contribution is -2.36. The number of morpholine rings is 1. The summed E-state index contributed by atoms with van der Waals surface area (Å²) >= 11 is 0. The van der Waals surface area contributed by atoms with Crippen molar-refractivity contribution in [2.45, 2.75) is 13.3 Å². The van der Waals surface area contributed by atoms with Crippen LogP contribution in [0.25, 0.3) is 0 Å². The fraction of sp³-hybridized carbons (Fsp3) is 0.333. The van der Waals surface area contributed by atoms with E-state index in [0.29, 0.717) is 37.1 Å². The zero-order valence-electron chi connectivity index (χ0n) is 20.9. The molecule has 2 N–H and O–H groups in total. The van der Waals surface area contributed by atoms with Crippen molar-refractivity contribution in [1.29, 1.82) is 0 Å². The van der Waals surface area contributed by atoms with E-state index in [1.807, 2.05) is 49.4 Å². The number of aromatic nitrogens is 2. The number of ether oxygens (including phenoxy) is 2. The van der Waals surface area contributed by atoms with Gasteiger partial charge in [-0.05, 0) is 55.5 Å². The first-order chi connectivity index (χ1) is 18.0. The minimum atomic E-state index is -0.424. The third-order valence-corrected chi connectivity index (χ3v) is 6.46. The molecule has 37 heavy (non-hydrogen) atoms. The molecule has 0 spiro atoms. The van der Waals surface area contributed by atoms with Crippen LogP contribution < -0.4 is 25.2 Å². The van der Waals surface area contributed by atoms with Gasteiger partial charge in [-0.25, -0.2) is 4.98 Å². The number of hydrogen-bond acceptors (Lipinski definition) is 8. The predicted octanol–water partition coefficient (Wildman–Crippen LogP) is 3.37. The summed E-state index contributed by atoms with van der Waals surface area (Å²) in [6.45, 7) is 5.26. The molecule has 2 aliphatic heterocycles. The van der Waals surface area contributed by atoms with Gasteiger partial charge in [0.15, 0.2) is 0 Å². The molecule has 5 rings (SSSR count). The van der Waals surface area contributed by atoms with Gasteiger partial charge in [-0.3, -0.25) is 9.59 Å². The van der Waals surface area contributed by atoms with Gasteiger partial charge in [0.05, 0.1) is 26.2 Å². The van der Waals surface area contributed by atoms with Gasteiger partial charge in [0.2, 0.25) is 17.8 Å². The third kappa shape index (κ3) is 5.80. The number of nitrogens with one attached hydrogen (secondary N) is 2. The summed E-state index contributed by atoms with van der Waals surface area (Å²) in [7, 11) is 1.60. The van der Waals surface area contributed by atoms with Crippen molar-refractivity contribution in [2.75, 3.05) is 60.4 Å². The summed E-state index contributed by atoms with van der Waals surface area (Å²) < 4.78 is 10.6. The number of methoxy groups -OCH3 is 1. The van der Waals surface area contributed by atoms with Crippen LogP contribution in [-0.2, 0) is 14.3 Å². The average molecular weight is 503 g/mol. The predicted molar refractivity (Wildman–Crippen MR) is 142 cm³/mol. The first-order valence-corrected chi connectivity index (χ1v) is 12.3. The molecule has 192 valence electrons. The number of carbonyl (C=O) groups is 2. The van der Waals surface area contributed by atoms with E-state index < -0.39 is 5.92 Å². The quantitative estimate of drug-likeness (QED) is 0.506. The number of amides is 2. The summed E-state index contributed by atoms with van der Waals surface area (Å²) in [6.07, 6.45) is 0.174. The van der Waals surface area contributed by atoms with Crippen molar-refractivity contribution in [3.8, 4) is 5.75 Å². The molecule has 0 bridgehead atoms. The van der Waals surface area contributed by atoms with Gasteiger partial charge in [0, 0.05) is 54.9 Å². The largest absolute Gasteiger partial charge is 0.497 e. The Morgan fingerprint density at radius 1 is 1.03 bits per heavy atom. The topological polar surface area (TPSA) is 109 Å². The molecule has 1 atom stereocenters. The fourth-order valence-electron chi connectivity index (χ4n) is 4.47. The van der Waals surface area contributed by atoms with Crippen LogP contribution in [0.2, 0.25) is 0 Å². The highest BCUT2D eigenvalue weighted by molar-refractivity contribution is 6.03. The van der Waals surface area contributed by atoms with E-state index in [2.05, 4.69) is 25.5 Å². The molecular formula is C27H30N6O4. The molecule has 2 saturated heterocycles. The Bertz CT molecular complexity index is 1260. The Morgan fingerprint density at radius 2 is 1.73 bits per heavy atom. The molecule has 10 heteroatoms. The third-order valence-electron chi connectivity index (χ3n) is 6.46. The molecular weight excluding hydrogens is 472 g/mol. The second-order valence-corrected chi connectivity index (χ2v) is 9.09. The zero-order valence-corrected chi connectivity index (χ0v) is 20.9. The van der Waals surface area contributed by atoms with Gasteiger partial charge >= 0.3 is 0 Å². The van der Waals surface area contributed by atoms with Crippen molar-refractivity contribution in [1.82, 2.24) is 9.97 Å². The molecule has 0 saturated carbocycles. The normalized spacial score (nSPS) is 17.6. The number of anilines is 5. The Labute approximate surface area is 215 Å². The van der Waals surface area contributed by atoms with Crippen molar-refractivity contribution in [3.05, 3.63) is 60.3 Å². The summed E-state index contributed by atoms with van der Waals surface area (Å²) in [6, 6.07) is 16.6. The molecule has 0 radical (unpaired) electrons. The number of nitrogens with zero attached hydrogens (tertiary/aromatic N) is 4. The van der Waals surface area contributed by atoms with Crippen molar-refractivity contribution < 1.29 is 19.1 Å². The second-order valence-electron chi connectivity index (χ2n) is 9.09. The molecule has 3 aromatic rings. The highest BCUT2D eigenvalue weighted by atomic mass is 16.5. The van der Waals surface area contributed by atoms with Crippen molar-refractivity contribution in [2.24, 2.45) is 5.92 Å². The van der Waals surface area contributed by atoms with E-state index in [1.54, 1.807) is 24.1 Å². The molecule has 2 aliphatic rings. The lowest BCUT2D eigenvalue weighted by molar-refractivity contribution is -0.122. The smallest absolute Gasteiger partial charge is 0.229 e. The Kier molecular flexibility index (Phi) is 7.18. The minimum absolute atomic E-state index is 0.0699. The van der Waals surface area contributed by atoms with Crippen LogP contribution >= 0.6 is 0 Å². The average Bonchev–Trinajstić information content (AvgIpc) is 3.32. The van der Waals surface area contributed by atoms with Gasteiger partial charge < -0.3 is 29.9 Å². The van der Waals surface area contributed by atoms with E-state index in [4.69, 9.17) is 9.47 Å². The molecule has 1 aromatic heterocycles. The van der Waals surface area contributed by atoms with Gasteiger partial charge in [-0.2, -0.15) is 4.98 Å². The molecule has 0 aliphatic carbocycles. The van der Waals surface area contributed by atoms with Crippen LogP contribution in [0.3, 0.4) is 0 Å². The molecule has 2 fully saturated rings. The summed E-state index contributed by atoms with van der Waals surface area (Å²) in [5.41, 5.74) is 3.09. The van der Waals surface area contributed by atoms with Crippen LogP contribution in [0.15, 0.2) is 54.6 Å². The number of rotatable bonds is 7. The van der Waals surface area contributed by atoms with E-state index in [-0.39, 0.29) is 18.2 Å². The van der Waals surface area contributed by atoms with Gasteiger partial charge in [-0.1, -0.05) is 0 Å². The fourth-order valence-corrected chi connectivity index (χ4v) is 4.47. The van der Waals surface area contributed by atoms with Gasteiger partial charge in [-0.15, -0.1) is 0 Å². The van der Waals surface area contributed by atoms with Crippen molar-refractivity contribution in [3.63, 3.8) is 0 Å². The maximum atomic E-state index is 12.9. The zero-order chi connectivity index (χ0) is 25.8. The summed E-state index contributed by atoms with van der Waals surface area (Å²) in [5.74, 6) is 1.43. The van der Waals surface area contributed by atoms with E-state index >= 15 is 0 Å². The van der Waals surface area contributed by atoms with Crippen LogP contribution in [0.4, 0.5) is 28.8 Å². The Morgan fingerprint density at radius 3 is 2.43 bits per heavy atom. The minimum Gasteiger partial charge on any atom is -0.497 e. The number of hydrogen-bond donors (Lipinski definition) is 2. The highest BCUT2D eigenvalue weighted by Gasteiger charge is 2.35. The molecule has 10 nitrogen and oxygen atoms in total. The molecule has 2 aromatic carbocycles. The first kappa shape index (κ1) is 24.5. The van der Waals surface area contributed by atoms with E-state index in [9.17, 15) is 9.59 Å². The van der Waals surface area contributed by atoms with Gasteiger partial charge in [0.25, 0.3) is 0 Å². The molecule has 0 unspecified atom stereocenters. The number of aryl methyl sites for hydroxylation is 1. The second kappa shape index (κ2) is 10.8. The van der Waals surface area contributed by atoms with Crippen LogP contribution in [-0.4, -0.2) is 61.7 Å². The number of carbonyl (C=O) groups excluding carboxylic acids is 2. The highest BCUT2D eigenvalue weighted by Crippen LogP contribution is 2.28. The standard InChI is InChI=1S/C27H30N6O4/c1-18-15-24(32-11-13-37-14-12-32)31-27(28-18)30-21-5-3-20(4-6-21)29-26(35)19-16-25(34)33(17-19)22-7-9-23(36-2)10-8-22/h3-10,15,19H,11-14,16-17H2,1-2H3,(H,29,35)(H,28,30,31)/t19-/m0/s1. The van der Waals surface area contributed by atoms with E-state index in [1.165, 1.54) is 0 Å². The first-order valence-electron chi connectivity index (χ1n) is 12.3. The SMILES string of the molecule is COc1ccc(N2C[C@@H](C(=O)Nc3ccc(Nc4nc(C)cc(N5CCOCC5)n4)cc3)CC2=O)cc1. The van der Waals surface area contributed by atoms with Gasteiger partial charge in [0.1, 0.15) is 11.6 Å². The molecule has 3 heterocycles. The lowest BCUT2D eigenvalue weighted by atomic mass is 10.1.